The van der Waals surface area contributed by atoms with E-state index in [0.29, 0.717) is 0 Å². The van der Waals surface area contributed by atoms with Crippen molar-refractivity contribution in [1.82, 2.24) is 19.1 Å². The molecule has 2 heterocycles. The lowest BCUT2D eigenvalue weighted by atomic mass is 9.83. The maximum Gasteiger partial charge on any atom is 0.145 e. The van der Waals surface area contributed by atoms with Crippen LogP contribution < -0.4 is 0 Å². The molecule has 56 heavy (non-hydrogen) atoms. The van der Waals surface area contributed by atoms with Crippen LogP contribution >= 0.6 is 0 Å². The van der Waals surface area contributed by atoms with Gasteiger partial charge in [0.2, 0.25) is 0 Å². The molecular weight excluding hydrogens is 681 g/mol. The molecule has 0 unspecified atom stereocenters. The number of hydrogen-bond acceptors (Lipinski definition) is 2. The molecule has 0 N–H and O–H groups in total. The van der Waals surface area contributed by atoms with Crippen molar-refractivity contribution in [1.29, 1.82) is 0 Å². The second-order valence-electron chi connectivity index (χ2n) is 14.6. The minimum absolute atomic E-state index is 0.947. The Balaban J connectivity index is 0.921. The maximum atomic E-state index is 5.12. The average molecular weight is 717 g/mol. The molecule has 0 amide bonds. The largest absolute Gasteiger partial charge is 0.292 e. The van der Waals surface area contributed by atoms with Crippen molar-refractivity contribution in [2.24, 2.45) is 0 Å². The van der Waals surface area contributed by atoms with Crippen LogP contribution in [0.15, 0.2) is 194 Å². The van der Waals surface area contributed by atoms with Gasteiger partial charge in [0.05, 0.1) is 22.1 Å². The van der Waals surface area contributed by atoms with Gasteiger partial charge in [-0.3, -0.25) is 9.13 Å². The molecule has 0 spiro atoms. The van der Waals surface area contributed by atoms with Gasteiger partial charge in [-0.25, -0.2) is 9.97 Å². The fraction of sp³-hybridized carbons (Fsp3) is 0.0385. The first kappa shape index (κ1) is 32.2. The van der Waals surface area contributed by atoms with Crippen molar-refractivity contribution in [3.63, 3.8) is 0 Å². The first-order valence-electron chi connectivity index (χ1n) is 19.3. The molecule has 8 aromatic carbocycles. The number of imidazole rings is 2. The smallest absolute Gasteiger partial charge is 0.145 e. The van der Waals surface area contributed by atoms with Crippen LogP contribution in [0.3, 0.4) is 0 Å². The highest BCUT2D eigenvalue weighted by atomic mass is 15.1. The molecule has 0 radical (unpaired) electrons. The van der Waals surface area contributed by atoms with Gasteiger partial charge in [-0.1, -0.05) is 133 Å². The van der Waals surface area contributed by atoms with E-state index in [1.165, 1.54) is 44.5 Å². The first-order valence-corrected chi connectivity index (χ1v) is 19.3. The van der Waals surface area contributed by atoms with Crippen LogP contribution in [0.2, 0.25) is 0 Å². The van der Waals surface area contributed by atoms with E-state index in [9.17, 15) is 0 Å². The van der Waals surface area contributed by atoms with E-state index in [0.717, 1.165) is 69.1 Å². The molecule has 0 aliphatic heterocycles. The van der Waals surface area contributed by atoms with E-state index < -0.39 is 0 Å². The number of fused-ring (bicyclic) bond motifs is 5. The van der Waals surface area contributed by atoms with Crippen LogP contribution in [0, 0.1) is 0 Å². The Labute approximate surface area is 325 Å². The third kappa shape index (κ3) is 5.46. The van der Waals surface area contributed by atoms with Crippen LogP contribution in [-0.2, 0) is 12.8 Å². The second kappa shape index (κ2) is 13.2. The van der Waals surface area contributed by atoms with Gasteiger partial charge in [-0.05, 0) is 118 Å². The summed E-state index contributed by atoms with van der Waals surface area (Å²) < 4.78 is 4.54. The summed E-state index contributed by atoms with van der Waals surface area (Å²) in [5, 5.41) is 0. The number of para-hydroxylation sites is 6. The summed E-state index contributed by atoms with van der Waals surface area (Å²) in [6.45, 7) is 0. The quantitative estimate of drug-likeness (QED) is 0.172. The highest BCUT2D eigenvalue weighted by molar-refractivity contribution is 5.87. The molecule has 10 aromatic rings. The number of benzene rings is 8. The Hall–Kier alpha value is -7.30. The molecule has 2 aromatic heterocycles. The fourth-order valence-corrected chi connectivity index (χ4v) is 8.55. The average Bonchev–Trinajstić information content (AvgIpc) is 3.86. The van der Waals surface area contributed by atoms with E-state index in [1.54, 1.807) is 0 Å². The molecule has 0 saturated carbocycles. The van der Waals surface area contributed by atoms with E-state index >= 15 is 0 Å². The highest BCUT2D eigenvalue weighted by Gasteiger charge is 2.20. The predicted molar refractivity (Wildman–Crippen MR) is 230 cm³/mol. The van der Waals surface area contributed by atoms with Gasteiger partial charge in [0.1, 0.15) is 11.6 Å². The number of nitrogens with zero attached hydrogens (tertiary/aromatic N) is 4. The third-order valence-electron chi connectivity index (χ3n) is 11.2. The van der Waals surface area contributed by atoms with E-state index in [4.69, 9.17) is 9.97 Å². The number of hydrogen-bond donors (Lipinski definition) is 0. The summed E-state index contributed by atoms with van der Waals surface area (Å²) in [6.07, 6.45) is 2.01. The zero-order chi connectivity index (χ0) is 37.0. The van der Waals surface area contributed by atoms with Crippen molar-refractivity contribution in [2.45, 2.75) is 12.8 Å². The van der Waals surface area contributed by atoms with Crippen LogP contribution in [0.5, 0.6) is 0 Å². The molecule has 4 heteroatoms. The maximum absolute atomic E-state index is 5.12. The molecular formula is C52H36N4. The Bertz CT molecular complexity index is 2870. The van der Waals surface area contributed by atoms with Gasteiger partial charge in [-0.15, -0.1) is 0 Å². The normalized spacial score (nSPS) is 12.1. The van der Waals surface area contributed by atoms with Gasteiger partial charge in [0.15, 0.2) is 0 Å². The summed E-state index contributed by atoms with van der Waals surface area (Å²) >= 11 is 0. The minimum atomic E-state index is 0.947. The molecule has 11 rings (SSSR count). The van der Waals surface area contributed by atoms with Crippen molar-refractivity contribution in [2.75, 3.05) is 0 Å². The number of aromatic nitrogens is 4. The van der Waals surface area contributed by atoms with Crippen LogP contribution in [0.4, 0.5) is 0 Å². The van der Waals surface area contributed by atoms with Gasteiger partial charge in [-0.2, -0.15) is 0 Å². The van der Waals surface area contributed by atoms with E-state index in [-0.39, 0.29) is 0 Å². The van der Waals surface area contributed by atoms with Crippen LogP contribution in [0.1, 0.15) is 11.1 Å². The second-order valence-corrected chi connectivity index (χ2v) is 14.6. The molecule has 0 bridgehead atoms. The SMILES string of the molecule is c1ccc(-n2c(-c3cccc(-c4ccc5c(c4)CCc4cc(-c6cccc(-c7nc8ccccc8n7-c7ccccc7)c6)ccc4-5)c3)nc3ccccc32)cc1. The summed E-state index contributed by atoms with van der Waals surface area (Å²) in [5.41, 5.74) is 18.9. The van der Waals surface area contributed by atoms with Crippen molar-refractivity contribution in [3.05, 3.63) is 205 Å². The monoisotopic (exact) mass is 716 g/mol. The topological polar surface area (TPSA) is 35.6 Å². The summed E-state index contributed by atoms with van der Waals surface area (Å²) in [7, 11) is 0. The predicted octanol–water partition coefficient (Wildman–Crippen LogP) is 12.8. The van der Waals surface area contributed by atoms with Crippen molar-refractivity contribution < 1.29 is 0 Å². The summed E-state index contributed by atoms with van der Waals surface area (Å²) in [4.78, 5) is 10.2. The number of aryl methyl sites for hydroxylation is 2. The Morgan fingerprint density at radius 1 is 0.321 bits per heavy atom. The highest BCUT2D eigenvalue weighted by Crippen LogP contribution is 2.40. The summed E-state index contributed by atoms with van der Waals surface area (Å²) in [5.74, 6) is 1.89. The lowest BCUT2D eigenvalue weighted by Gasteiger charge is -2.22. The van der Waals surface area contributed by atoms with Gasteiger partial charge in [0, 0.05) is 22.5 Å². The zero-order valence-corrected chi connectivity index (χ0v) is 30.7. The lowest BCUT2D eigenvalue weighted by Crippen LogP contribution is -2.04. The minimum Gasteiger partial charge on any atom is -0.292 e. The van der Waals surface area contributed by atoms with Crippen molar-refractivity contribution in [3.8, 4) is 67.5 Å². The van der Waals surface area contributed by atoms with Crippen LogP contribution in [0.25, 0.3) is 89.6 Å². The first-order chi connectivity index (χ1) is 27.7. The Morgan fingerprint density at radius 2 is 0.714 bits per heavy atom. The van der Waals surface area contributed by atoms with Gasteiger partial charge >= 0.3 is 0 Å². The Kier molecular flexibility index (Phi) is 7.59. The lowest BCUT2D eigenvalue weighted by molar-refractivity contribution is 0.943. The number of rotatable bonds is 6. The molecule has 4 nitrogen and oxygen atoms in total. The zero-order valence-electron chi connectivity index (χ0n) is 30.7. The van der Waals surface area contributed by atoms with Gasteiger partial charge in [0.25, 0.3) is 0 Å². The summed E-state index contributed by atoms with van der Waals surface area (Å²) in [6, 6.07) is 69.4. The molecule has 1 aliphatic rings. The van der Waals surface area contributed by atoms with E-state index in [1.807, 2.05) is 0 Å². The molecule has 264 valence electrons. The van der Waals surface area contributed by atoms with Gasteiger partial charge < -0.3 is 0 Å². The third-order valence-corrected chi connectivity index (χ3v) is 11.2. The molecule has 1 aliphatic carbocycles. The fourth-order valence-electron chi connectivity index (χ4n) is 8.55. The molecule has 0 atom stereocenters. The van der Waals surface area contributed by atoms with Crippen molar-refractivity contribution >= 4 is 22.1 Å². The van der Waals surface area contributed by atoms with E-state index in [2.05, 4.69) is 203 Å². The standard InChI is InChI=1S/C52H36N4/c1-3-17-43(18-4-1)55-49-23-9-7-21-47(49)53-51(55)41-15-11-13-35(33-41)37-27-29-45-39(31-37)25-26-40-32-38(28-30-46(40)45)36-14-12-16-42(34-36)52-54-48-22-8-10-24-50(48)56(52)44-19-5-2-6-20-44/h1-24,27-34H,25-26H2. The Morgan fingerprint density at radius 3 is 1.18 bits per heavy atom. The molecule has 0 saturated heterocycles. The molecule has 0 fully saturated rings. The van der Waals surface area contributed by atoms with Crippen LogP contribution in [-0.4, -0.2) is 19.1 Å².